The molecule has 282 valence electrons. The van der Waals surface area contributed by atoms with Gasteiger partial charge in [0.15, 0.2) is 0 Å². The van der Waals surface area contributed by atoms with Crippen LogP contribution in [-0.4, -0.2) is 22.4 Å². The Hall–Kier alpha value is -6.24. The van der Waals surface area contributed by atoms with E-state index in [0.717, 1.165) is 49.7 Å². The molecule has 4 nitrogen and oxygen atoms in total. The first-order valence-electron chi connectivity index (χ1n) is 19.4. The van der Waals surface area contributed by atoms with Crippen molar-refractivity contribution in [3.05, 3.63) is 206 Å². The maximum absolute atomic E-state index is 17.5. The first kappa shape index (κ1) is 35.9. The van der Waals surface area contributed by atoms with Crippen LogP contribution in [0, 0.1) is 12.1 Å². The summed E-state index contributed by atoms with van der Waals surface area (Å²) in [5.41, 5.74) is 4.53. The molecule has 1 aliphatic rings. The predicted octanol–water partition coefficient (Wildman–Crippen LogP) is 10.2. The molecular weight excluding hydrogens is 943 g/mol. The van der Waals surface area contributed by atoms with Crippen LogP contribution in [0.4, 0.5) is 21.6 Å². The summed E-state index contributed by atoms with van der Waals surface area (Å²) in [6, 6.07) is 64.6. The molecule has 8 heteroatoms. The second-order valence-corrected chi connectivity index (χ2v) is 19.6. The van der Waals surface area contributed by atoms with E-state index in [4.69, 9.17) is 9.97 Å². The molecule has 59 heavy (non-hydrogen) atoms. The first-order chi connectivity index (χ1) is 28.7. The average molecular weight is 974 g/mol. The van der Waals surface area contributed by atoms with Crippen molar-refractivity contribution in [1.82, 2.24) is 14.4 Å². The maximum atomic E-state index is 17.5. The molecule has 0 bridgehead atoms. The van der Waals surface area contributed by atoms with Crippen molar-refractivity contribution in [2.45, 2.75) is 6.17 Å². The van der Waals surface area contributed by atoms with Crippen LogP contribution in [0.1, 0.15) is 17.3 Å². The minimum Gasteiger partial charge on any atom is -0.340 e. The van der Waals surface area contributed by atoms with E-state index < -0.39 is 14.2 Å². The Bertz CT molecular complexity index is 3350. The molecule has 12 rings (SSSR count). The van der Waals surface area contributed by atoms with Crippen molar-refractivity contribution >= 4 is 105 Å². The largest absolute Gasteiger partial charge is 2.00 e. The number of hydrogen-bond acceptors (Lipinski definition) is 4. The molecule has 0 N–H and O–H groups in total. The van der Waals surface area contributed by atoms with Gasteiger partial charge in [0.05, 0.1) is 5.65 Å². The van der Waals surface area contributed by atoms with Gasteiger partial charge in [-0.1, -0.05) is 142 Å². The fourth-order valence-corrected chi connectivity index (χ4v) is 16.3. The maximum Gasteiger partial charge on any atom is 2.00 e. The van der Waals surface area contributed by atoms with Gasteiger partial charge in [-0.2, -0.15) is 18.2 Å². The number of imidazole rings is 1. The molecule has 1 aliphatic heterocycles. The molecule has 7 aromatic carbocycles. The zero-order valence-corrected chi connectivity index (χ0v) is 35.4. The van der Waals surface area contributed by atoms with Crippen molar-refractivity contribution in [3.8, 4) is 0 Å². The van der Waals surface area contributed by atoms with Gasteiger partial charge in [0.2, 0.25) is 0 Å². The molecule has 0 radical (unpaired) electrons. The minimum atomic E-state index is -3.13. The molecule has 0 saturated heterocycles. The fourth-order valence-electron chi connectivity index (χ4n) is 9.39. The number of alkyl halides is 1. The summed E-state index contributed by atoms with van der Waals surface area (Å²) in [6.45, 7) is 0. The third-order valence-electron chi connectivity index (χ3n) is 11.8. The zero-order valence-electron chi connectivity index (χ0n) is 31.3. The quantitative estimate of drug-likeness (QED) is 0.0979. The molecule has 0 spiro atoms. The molecule has 5 heterocycles. The Kier molecular flexibility index (Phi) is 8.49. The van der Waals surface area contributed by atoms with Gasteiger partial charge in [-0.05, 0) is 40.9 Å². The van der Waals surface area contributed by atoms with Crippen LogP contribution in [0.25, 0.3) is 47.5 Å². The van der Waals surface area contributed by atoms with Gasteiger partial charge in [-0.25, -0.2) is 9.37 Å². The van der Waals surface area contributed by atoms with Gasteiger partial charge >= 0.3 is 21.1 Å². The van der Waals surface area contributed by atoms with Crippen molar-refractivity contribution < 1.29 is 25.5 Å². The Morgan fingerprint density at radius 3 is 2.05 bits per heavy atom. The van der Waals surface area contributed by atoms with Crippen molar-refractivity contribution in [2.75, 3.05) is 4.90 Å². The molecule has 0 fully saturated rings. The monoisotopic (exact) mass is 973 g/mol. The summed E-state index contributed by atoms with van der Waals surface area (Å²) in [5, 5.41) is 10.3. The van der Waals surface area contributed by atoms with E-state index in [2.05, 4.69) is 137 Å². The SMILES string of the molecule is FC(c1[c-]c2c(cc1)[Si](c1ccccc1)(c1ccccc1)c1c(ccc3c1sc1ccccc13)N2c1ccccn1)c1[c-]c2c(cc1)c1ccccc1n1ccnc21.[Pt+2]. The van der Waals surface area contributed by atoms with Crippen LogP contribution in [-0.2, 0) is 21.1 Å². The van der Waals surface area contributed by atoms with Gasteiger partial charge in [0.1, 0.15) is 20.1 Å². The van der Waals surface area contributed by atoms with E-state index >= 15 is 4.39 Å². The van der Waals surface area contributed by atoms with E-state index in [9.17, 15) is 0 Å². The van der Waals surface area contributed by atoms with Gasteiger partial charge in [-0.15, -0.1) is 40.3 Å². The van der Waals surface area contributed by atoms with Gasteiger partial charge in [0.25, 0.3) is 0 Å². The molecule has 0 saturated carbocycles. The molecule has 1 atom stereocenters. The molecular formula is C51H31FN4PtSSi. The van der Waals surface area contributed by atoms with E-state index in [1.165, 1.54) is 35.7 Å². The summed E-state index contributed by atoms with van der Waals surface area (Å²) < 4.78 is 22.1. The first-order valence-corrected chi connectivity index (χ1v) is 22.2. The standard InChI is InChI=1S/C51H31FN4SSi.Pt/c52-48(33-22-24-37-38-17-7-9-19-42(38)55-30-29-54-51(55)41(37)31-33)34-23-27-46-44(32-34)56(47-21-11-12-28-53-47)43-26-25-40-39-18-8-10-20-45(39)57-49(40)50(43)58(46,35-13-3-1-4-14-35)36-15-5-2-6-16-36;/h1-30,48H;/q-2;+2. The minimum absolute atomic E-state index is 0. The van der Waals surface area contributed by atoms with E-state index in [-0.39, 0.29) is 21.1 Å². The van der Waals surface area contributed by atoms with Crippen LogP contribution in [0.2, 0.25) is 0 Å². The van der Waals surface area contributed by atoms with Crippen molar-refractivity contribution in [1.29, 1.82) is 0 Å². The second-order valence-electron chi connectivity index (χ2n) is 14.8. The van der Waals surface area contributed by atoms with E-state index in [1.54, 1.807) is 6.20 Å². The molecule has 0 aliphatic carbocycles. The van der Waals surface area contributed by atoms with Gasteiger partial charge in [0, 0.05) is 50.0 Å². The van der Waals surface area contributed by atoms with Crippen LogP contribution in [0.15, 0.2) is 182 Å². The number of thiophene rings is 1. The summed E-state index contributed by atoms with van der Waals surface area (Å²) in [6.07, 6.45) is 4.07. The Morgan fingerprint density at radius 2 is 1.27 bits per heavy atom. The number of aromatic nitrogens is 3. The van der Waals surface area contributed by atoms with Crippen LogP contribution in [0.3, 0.4) is 0 Å². The van der Waals surface area contributed by atoms with E-state index in [1.807, 2.05) is 72.3 Å². The van der Waals surface area contributed by atoms with E-state index in [0.29, 0.717) is 11.1 Å². The number of benzene rings is 7. The zero-order chi connectivity index (χ0) is 38.4. The molecule has 1 unspecified atom stereocenters. The number of rotatable bonds is 5. The number of anilines is 3. The topological polar surface area (TPSA) is 33.4 Å². The van der Waals surface area contributed by atoms with Crippen molar-refractivity contribution in [3.63, 3.8) is 0 Å². The van der Waals surface area contributed by atoms with Crippen LogP contribution in [0.5, 0.6) is 0 Å². The normalized spacial score (nSPS) is 13.7. The number of nitrogens with zero attached hydrogens (tertiary/aromatic N) is 4. The Balaban J connectivity index is 0.00000397. The molecule has 11 aromatic rings. The number of fused-ring (bicyclic) bond motifs is 12. The summed E-state index contributed by atoms with van der Waals surface area (Å²) in [4.78, 5) is 11.9. The smallest absolute Gasteiger partial charge is 0.340 e. The fraction of sp³-hybridized carbons (Fsp3) is 0.0196. The van der Waals surface area contributed by atoms with Crippen LogP contribution >= 0.6 is 11.3 Å². The second kappa shape index (κ2) is 14.0. The third kappa shape index (κ3) is 5.21. The van der Waals surface area contributed by atoms with Gasteiger partial charge < -0.3 is 9.30 Å². The average Bonchev–Trinajstić information content (AvgIpc) is 3.95. The summed E-state index contributed by atoms with van der Waals surface area (Å²) in [5.74, 6) is 0.754. The summed E-state index contributed by atoms with van der Waals surface area (Å²) in [7, 11) is -3.13. The molecule has 4 aromatic heterocycles. The molecule has 0 amide bonds. The predicted molar refractivity (Wildman–Crippen MR) is 240 cm³/mol. The third-order valence-corrected chi connectivity index (χ3v) is 18.1. The van der Waals surface area contributed by atoms with Crippen molar-refractivity contribution in [2.24, 2.45) is 0 Å². The number of pyridine rings is 2. The number of hydrogen-bond donors (Lipinski definition) is 0. The van der Waals surface area contributed by atoms with Gasteiger partial charge in [-0.3, -0.25) is 4.98 Å². The Morgan fingerprint density at radius 1 is 0.593 bits per heavy atom. The number of halogens is 1. The number of para-hydroxylation sites is 1. The summed E-state index contributed by atoms with van der Waals surface area (Å²) >= 11 is 1.85. The van der Waals surface area contributed by atoms with Crippen LogP contribution < -0.4 is 25.6 Å². The Labute approximate surface area is 359 Å².